The smallest absolute Gasteiger partial charge is 0.0382 e. The fourth-order valence-electron chi connectivity index (χ4n) is 0. The Morgan fingerprint density at radius 1 is 1.67 bits per heavy atom. The first kappa shape index (κ1) is 17.4. The molecule has 0 aromatic rings. The maximum atomic E-state index is 3.48. The van der Waals surface area contributed by atoms with Gasteiger partial charge in [-0.2, -0.15) is 0 Å². The van der Waals surface area contributed by atoms with Gasteiger partial charge in [0.15, 0.2) is 0 Å². The van der Waals surface area contributed by atoms with Gasteiger partial charge in [0, 0.05) is 0 Å². The highest BCUT2D eigenvalue weighted by Gasteiger charge is 1.45. The molecule has 0 saturated heterocycles. The van der Waals surface area contributed by atoms with E-state index in [4.69, 9.17) is 0 Å². The van der Waals surface area contributed by atoms with Crippen LogP contribution in [0.25, 0.3) is 0 Å². The molecule has 2 nitrogen and oxygen atoms in total. The highest BCUT2D eigenvalue weighted by atomic mass is 16.0. The van der Waals surface area contributed by atoms with Gasteiger partial charge in [-0.3, -0.25) is 0 Å². The first-order chi connectivity index (χ1) is 1.91. The van der Waals surface area contributed by atoms with Crippen LogP contribution in [-0.4, -0.2) is 5.48 Å². The predicted octanol–water partition coefficient (Wildman–Crippen LogP) is 0.920. The summed E-state index contributed by atoms with van der Waals surface area (Å²) in [5.74, 6) is 0. The Hall–Kier alpha value is -0.340. The molecule has 0 aliphatic rings. The second-order valence-electron chi connectivity index (χ2n) is 0.697. The summed E-state index contributed by atoms with van der Waals surface area (Å²) >= 11 is 0. The monoisotopic (exact) mass is 91.1 g/mol. The molecule has 5 N–H and O–H groups in total. The van der Waals surface area contributed by atoms with Crippen LogP contribution in [0.15, 0.2) is 12.7 Å². The second kappa shape index (κ2) is 22.7. The van der Waals surface area contributed by atoms with Gasteiger partial charge in [-0.05, 0) is 6.42 Å². The molecule has 2 heteroatoms. The molecule has 0 bridgehead atoms. The Balaban J connectivity index is -0.0000000450. The van der Waals surface area contributed by atoms with Gasteiger partial charge in [0.05, 0.1) is 0 Å². The van der Waals surface area contributed by atoms with Crippen LogP contribution in [0.4, 0.5) is 0 Å². The average molecular weight is 91.2 g/mol. The highest BCUT2D eigenvalue weighted by Crippen LogP contribution is 1.66. The summed E-state index contributed by atoms with van der Waals surface area (Å²) in [6.45, 7) is 5.54. The second-order valence-corrected chi connectivity index (χ2v) is 0.697. The van der Waals surface area contributed by atoms with Crippen molar-refractivity contribution in [3.8, 4) is 0 Å². The minimum Gasteiger partial charge on any atom is -0.412 e. The molecule has 0 radical (unpaired) electrons. The van der Waals surface area contributed by atoms with E-state index in [1.165, 1.54) is 0 Å². The Kier molecular flexibility index (Phi) is 65.6. The van der Waals surface area contributed by atoms with E-state index in [9.17, 15) is 0 Å². The van der Waals surface area contributed by atoms with Gasteiger partial charge in [0.25, 0.3) is 0 Å². The van der Waals surface area contributed by atoms with Crippen molar-refractivity contribution in [1.82, 2.24) is 6.15 Å². The summed E-state index contributed by atoms with van der Waals surface area (Å²) in [5, 5.41) is 0. The summed E-state index contributed by atoms with van der Waals surface area (Å²) < 4.78 is 0. The minimum atomic E-state index is 0. The van der Waals surface area contributed by atoms with E-state index in [2.05, 4.69) is 13.5 Å². The molecular formula is C4H13NO. The van der Waals surface area contributed by atoms with Crippen LogP contribution in [-0.2, 0) is 0 Å². The first-order valence-corrected chi connectivity index (χ1v) is 1.52. The molecule has 0 spiro atoms. The zero-order valence-corrected chi connectivity index (χ0v) is 4.20. The first-order valence-electron chi connectivity index (χ1n) is 1.52. The topological polar surface area (TPSA) is 66.5 Å². The van der Waals surface area contributed by atoms with Crippen LogP contribution in [0.3, 0.4) is 0 Å². The molecule has 0 aromatic heterocycles. The Labute approximate surface area is 38.8 Å². The third-order valence-electron chi connectivity index (χ3n) is 0.289. The standard InChI is InChI=1S/C4H8.H3N.H2O/c1-3-4-2;;/h3H,1,4H2,2H3;1H3;1H2. The molecule has 40 valence electrons. The van der Waals surface area contributed by atoms with E-state index in [-0.39, 0.29) is 11.6 Å². The van der Waals surface area contributed by atoms with Crippen LogP contribution >= 0.6 is 0 Å². The van der Waals surface area contributed by atoms with Gasteiger partial charge in [-0.25, -0.2) is 0 Å². The molecule has 0 amide bonds. The van der Waals surface area contributed by atoms with E-state index >= 15 is 0 Å². The van der Waals surface area contributed by atoms with Crippen molar-refractivity contribution < 1.29 is 5.48 Å². The molecule has 6 heavy (non-hydrogen) atoms. The molecule has 0 atom stereocenters. The summed E-state index contributed by atoms with van der Waals surface area (Å²) in [7, 11) is 0. The lowest BCUT2D eigenvalue weighted by atomic mass is 10.5. The lowest BCUT2D eigenvalue weighted by Crippen LogP contribution is -1.36. The van der Waals surface area contributed by atoms with Gasteiger partial charge in [0.1, 0.15) is 0 Å². The number of rotatable bonds is 1. The number of allylic oxidation sites excluding steroid dienone is 1. The summed E-state index contributed by atoms with van der Waals surface area (Å²) in [5.41, 5.74) is 0. The van der Waals surface area contributed by atoms with Crippen molar-refractivity contribution in [1.29, 1.82) is 0 Å². The minimum absolute atomic E-state index is 0. The molecule has 0 heterocycles. The zero-order chi connectivity index (χ0) is 3.41. The Morgan fingerprint density at radius 3 is 1.83 bits per heavy atom. The van der Waals surface area contributed by atoms with Gasteiger partial charge in [0.2, 0.25) is 0 Å². The normalized spacial score (nSPS) is 4.17. The van der Waals surface area contributed by atoms with Crippen LogP contribution in [0.1, 0.15) is 13.3 Å². The van der Waals surface area contributed by atoms with Gasteiger partial charge < -0.3 is 11.6 Å². The predicted molar refractivity (Wildman–Crippen MR) is 29.1 cm³/mol. The molecular weight excluding hydrogens is 78.0 g/mol. The van der Waals surface area contributed by atoms with Crippen molar-refractivity contribution in [3.05, 3.63) is 12.7 Å². The van der Waals surface area contributed by atoms with E-state index in [0.717, 1.165) is 6.42 Å². The fraction of sp³-hybridized carbons (Fsp3) is 0.500. The van der Waals surface area contributed by atoms with Gasteiger partial charge >= 0.3 is 0 Å². The van der Waals surface area contributed by atoms with Crippen molar-refractivity contribution in [2.45, 2.75) is 13.3 Å². The molecule has 0 saturated carbocycles. The number of hydrogen-bond acceptors (Lipinski definition) is 1. The fourth-order valence-corrected chi connectivity index (χ4v) is 0. The molecule has 0 rings (SSSR count). The lowest BCUT2D eigenvalue weighted by molar-refractivity contribution is 0.824. The van der Waals surface area contributed by atoms with Crippen LogP contribution in [0, 0.1) is 0 Å². The van der Waals surface area contributed by atoms with Gasteiger partial charge in [-0.15, -0.1) is 6.58 Å². The van der Waals surface area contributed by atoms with Crippen molar-refractivity contribution >= 4 is 0 Å². The average Bonchev–Trinajstić information content (AvgIpc) is 1.37. The summed E-state index contributed by atoms with van der Waals surface area (Å²) in [6, 6.07) is 0. The van der Waals surface area contributed by atoms with E-state index in [1.54, 1.807) is 0 Å². The third-order valence-corrected chi connectivity index (χ3v) is 0.289. The van der Waals surface area contributed by atoms with E-state index in [0.29, 0.717) is 0 Å². The summed E-state index contributed by atoms with van der Waals surface area (Å²) in [6.07, 6.45) is 2.96. The van der Waals surface area contributed by atoms with Crippen molar-refractivity contribution in [2.75, 3.05) is 0 Å². The summed E-state index contributed by atoms with van der Waals surface area (Å²) in [4.78, 5) is 0. The van der Waals surface area contributed by atoms with E-state index in [1.807, 2.05) is 6.08 Å². The highest BCUT2D eigenvalue weighted by molar-refractivity contribution is 4.60. The zero-order valence-electron chi connectivity index (χ0n) is 4.20. The SMILES string of the molecule is C=CCC.N.O. The molecule has 0 fully saturated rings. The molecule has 0 aliphatic carbocycles. The van der Waals surface area contributed by atoms with Gasteiger partial charge in [-0.1, -0.05) is 13.0 Å². The largest absolute Gasteiger partial charge is 0.412 e. The van der Waals surface area contributed by atoms with Crippen molar-refractivity contribution in [2.24, 2.45) is 0 Å². The van der Waals surface area contributed by atoms with E-state index < -0.39 is 0 Å². The molecule has 0 unspecified atom stereocenters. The number of hydrogen-bond donors (Lipinski definition) is 1. The van der Waals surface area contributed by atoms with Crippen LogP contribution in [0.2, 0.25) is 0 Å². The molecule has 0 aromatic carbocycles. The lowest BCUT2D eigenvalue weighted by Gasteiger charge is -1.57. The third kappa shape index (κ3) is 59.5. The van der Waals surface area contributed by atoms with Crippen LogP contribution < -0.4 is 6.15 Å². The Morgan fingerprint density at radius 2 is 1.83 bits per heavy atom. The molecule has 0 aliphatic heterocycles. The maximum absolute atomic E-state index is 3.48. The van der Waals surface area contributed by atoms with Crippen molar-refractivity contribution in [3.63, 3.8) is 0 Å². The quantitative estimate of drug-likeness (QED) is 0.479. The Bertz CT molecular complexity index is 21.5. The van der Waals surface area contributed by atoms with Crippen LogP contribution in [0.5, 0.6) is 0 Å². The maximum Gasteiger partial charge on any atom is -0.0382 e.